The highest BCUT2D eigenvalue weighted by Gasteiger charge is 2.29. The lowest BCUT2D eigenvalue weighted by Crippen LogP contribution is -2.44. The minimum Gasteiger partial charge on any atom is -0.481 e. The monoisotopic (exact) mass is 275 g/mol. The number of amides is 1. The molecule has 0 heterocycles. The lowest BCUT2D eigenvalue weighted by atomic mass is 10.1. The van der Waals surface area contributed by atoms with E-state index in [0.29, 0.717) is 12.5 Å². The van der Waals surface area contributed by atoms with Gasteiger partial charge in [0.15, 0.2) is 6.10 Å². The average Bonchev–Trinajstić information content (AvgIpc) is 2.97. The Hall–Kier alpha value is -1.51. The van der Waals surface area contributed by atoms with Crippen molar-refractivity contribution in [2.45, 2.75) is 58.1 Å². The number of hydrogen-bond acceptors (Lipinski definition) is 2. The maximum atomic E-state index is 12.6. The van der Waals surface area contributed by atoms with Crippen molar-refractivity contribution >= 4 is 5.91 Å². The van der Waals surface area contributed by atoms with Gasteiger partial charge >= 0.3 is 0 Å². The number of carbonyl (C=O) groups excluding carboxylic acids is 1. The van der Waals surface area contributed by atoms with E-state index in [1.807, 2.05) is 50.1 Å². The van der Waals surface area contributed by atoms with E-state index < -0.39 is 0 Å². The zero-order valence-corrected chi connectivity index (χ0v) is 12.8. The first kappa shape index (κ1) is 14.9. The van der Waals surface area contributed by atoms with Crippen molar-refractivity contribution in [3.05, 3.63) is 29.8 Å². The van der Waals surface area contributed by atoms with Crippen molar-refractivity contribution in [3.63, 3.8) is 0 Å². The quantitative estimate of drug-likeness (QED) is 0.822. The minimum atomic E-state index is -0.373. The van der Waals surface area contributed by atoms with Crippen molar-refractivity contribution in [3.8, 4) is 5.75 Å². The summed E-state index contributed by atoms with van der Waals surface area (Å²) in [5, 5.41) is 0. The summed E-state index contributed by atoms with van der Waals surface area (Å²) in [5.74, 6) is 0.894. The summed E-state index contributed by atoms with van der Waals surface area (Å²) in [4.78, 5) is 14.5. The fourth-order valence-corrected chi connectivity index (χ4v) is 2.86. The van der Waals surface area contributed by atoms with E-state index in [0.717, 1.165) is 24.2 Å². The van der Waals surface area contributed by atoms with E-state index >= 15 is 0 Å². The summed E-state index contributed by atoms with van der Waals surface area (Å²) >= 11 is 0. The molecule has 0 spiro atoms. The van der Waals surface area contributed by atoms with Crippen LogP contribution in [0.25, 0.3) is 0 Å². The molecule has 1 saturated carbocycles. The van der Waals surface area contributed by atoms with E-state index in [9.17, 15) is 4.79 Å². The second kappa shape index (κ2) is 6.78. The van der Waals surface area contributed by atoms with Gasteiger partial charge < -0.3 is 9.64 Å². The second-order valence-corrected chi connectivity index (χ2v) is 5.72. The first-order valence-electron chi connectivity index (χ1n) is 7.61. The fourth-order valence-electron chi connectivity index (χ4n) is 2.86. The Kier molecular flexibility index (Phi) is 5.05. The van der Waals surface area contributed by atoms with Crippen LogP contribution in [-0.4, -0.2) is 30.0 Å². The van der Waals surface area contributed by atoms with Crippen LogP contribution >= 0.6 is 0 Å². The molecule has 3 nitrogen and oxygen atoms in total. The van der Waals surface area contributed by atoms with Gasteiger partial charge in [0.25, 0.3) is 5.91 Å². The number of likely N-dealkylation sites (N-methyl/N-ethyl adjacent to an activating group) is 1. The second-order valence-electron chi connectivity index (χ2n) is 5.72. The fraction of sp³-hybridized carbons (Fsp3) is 0.588. The molecule has 1 amide bonds. The topological polar surface area (TPSA) is 29.5 Å². The highest BCUT2D eigenvalue weighted by molar-refractivity contribution is 5.81. The summed E-state index contributed by atoms with van der Waals surface area (Å²) in [7, 11) is 1.92. The van der Waals surface area contributed by atoms with Crippen molar-refractivity contribution in [2.24, 2.45) is 0 Å². The zero-order valence-electron chi connectivity index (χ0n) is 12.8. The minimum absolute atomic E-state index is 0.112. The largest absolute Gasteiger partial charge is 0.481 e. The molecule has 3 heteroatoms. The molecule has 0 radical (unpaired) electrons. The predicted molar refractivity (Wildman–Crippen MR) is 80.9 cm³/mol. The molecule has 0 N–H and O–H groups in total. The van der Waals surface area contributed by atoms with Crippen molar-refractivity contribution in [1.82, 2.24) is 4.90 Å². The van der Waals surface area contributed by atoms with Gasteiger partial charge in [-0.3, -0.25) is 4.79 Å². The molecule has 1 aliphatic carbocycles. The molecule has 1 aromatic carbocycles. The normalized spacial score (nSPS) is 16.9. The Labute approximate surface area is 121 Å². The third-order valence-corrected chi connectivity index (χ3v) is 4.13. The van der Waals surface area contributed by atoms with E-state index in [2.05, 4.69) is 0 Å². The highest BCUT2D eigenvalue weighted by Crippen LogP contribution is 2.24. The maximum Gasteiger partial charge on any atom is 0.263 e. The molecule has 2 rings (SSSR count). The molecule has 0 aliphatic heterocycles. The van der Waals surface area contributed by atoms with E-state index in [1.165, 1.54) is 12.8 Å². The smallest absolute Gasteiger partial charge is 0.263 e. The summed E-state index contributed by atoms with van der Waals surface area (Å²) in [6.45, 7) is 4.03. The van der Waals surface area contributed by atoms with E-state index in [-0.39, 0.29) is 12.0 Å². The van der Waals surface area contributed by atoms with Gasteiger partial charge in [-0.2, -0.15) is 0 Å². The van der Waals surface area contributed by atoms with Gasteiger partial charge in [0.05, 0.1) is 0 Å². The molecule has 0 saturated heterocycles. The number of aryl methyl sites for hydroxylation is 1. The van der Waals surface area contributed by atoms with Crippen LogP contribution in [0.15, 0.2) is 24.3 Å². The standard InChI is InChI=1S/C17H25NO2/c1-4-16(20-15-11-7-8-13(2)12-15)17(19)18(3)14-9-5-6-10-14/h7-8,11-12,14,16H,4-6,9-10H2,1-3H3/t16-/m0/s1. The van der Waals surface area contributed by atoms with Gasteiger partial charge in [-0.15, -0.1) is 0 Å². The average molecular weight is 275 g/mol. The Bertz CT molecular complexity index is 452. The SMILES string of the molecule is CC[C@H](Oc1cccc(C)c1)C(=O)N(C)C1CCCC1. The molecule has 20 heavy (non-hydrogen) atoms. The summed E-state index contributed by atoms with van der Waals surface area (Å²) < 4.78 is 5.90. The number of carbonyl (C=O) groups is 1. The van der Waals surface area contributed by atoms with Gasteiger partial charge in [0.2, 0.25) is 0 Å². The highest BCUT2D eigenvalue weighted by atomic mass is 16.5. The summed E-state index contributed by atoms with van der Waals surface area (Å²) in [6.07, 6.45) is 5.05. The van der Waals surface area contributed by atoms with E-state index in [4.69, 9.17) is 4.74 Å². The van der Waals surface area contributed by atoms with Crippen LogP contribution < -0.4 is 4.74 Å². The van der Waals surface area contributed by atoms with Gasteiger partial charge in [0, 0.05) is 13.1 Å². The van der Waals surface area contributed by atoms with Crippen molar-refractivity contribution in [1.29, 1.82) is 0 Å². The van der Waals surface area contributed by atoms with Crippen LogP contribution in [-0.2, 0) is 4.79 Å². The molecule has 1 atom stereocenters. The molecular formula is C17H25NO2. The maximum absolute atomic E-state index is 12.6. The molecule has 0 aromatic heterocycles. The molecule has 110 valence electrons. The lowest BCUT2D eigenvalue weighted by Gasteiger charge is -2.28. The number of ether oxygens (including phenoxy) is 1. The Balaban J connectivity index is 2.01. The Morgan fingerprint density at radius 1 is 1.40 bits per heavy atom. The van der Waals surface area contributed by atoms with Gasteiger partial charge in [0.1, 0.15) is 5.75 Å². The van der Waals surface area contributed by atoms with Gasteiger partial charge in [-0.25, -0.2) is 0 Å². The molecular weight excluding hydrogens is 250 g/mol. The molecule has 1 aromatic rings. The van der Waals surface area contributed by atoms with Crippen LogP contribution in [0.2, 0.25) is 0 Å². The van der Waals surface area contributed by atoms with Crippen LogP contribution in [0.1, 0.15) is 44.6 Å². The molecule has 1 fully saturated rings. The van der Waals surface area contributed by atoms with Crippen molar-refractivity contribution < 1.29 is 9.53 Å². The van der Waals surface area contributed by atoms with Crippen LogP contribution in [0.4, 0.5) is 0 Å². The third kappa shape index (κ3) is 3.53. The lowest BCUT2D eigenvalue weighted by molar-refractivity contribution is -0.139. The first-order valence-corrected chi connectivity index (χ1v) is 7.61. The number of hydrogen-bond donors (Lipinski definition) is 0. The van der Waals surface area contributed by atoms with Crippen LogP contribution in [0.3, 0.4) is 0 Å². The van der Waals surface area contributed by atoms with E-state index in [1.54, 1.807) is 0 Å². The van der Waals surface area contributed by atoms with Gasteiger partial charge in [-0.1, -0.05) is 31.9 Å². The zero-order chi connectivity index (χ0) is 14.5. The first-order chi connectivity index (χ1) is 9.61. The number of nitrogens with zero attached hydrogens (tertiary/aromatic N) is 1. The van der Waals surface area contributed by atoms with Crippen LogP contribution in [0, 0.1) is 6.92 Å². The van der Waals surface area contributed by atoms with Gasteiger partial charge in [-0.05, 0) is 43.9 Å². The Morgan fingerprint density at radius 3 is 2.70 bits per heavy atom. The Morgan fingerprint density at radius 2 is 2.10 bits per heavy atom. The summed E-state index contributed by atoms with van der Waals surface area (Å²) in [5.41, 5.74) is 1.15. The molecule has 1 aliphatic rings. The summed E-state index contributed by atoms with van der Waals surface area (Å²) in [6, 6.07) is 8.28. The van der Waals surface area contributed by atoms with Crippen LogP contribution in [0.5, 0.6) is 5.75 Å². The predicted octanol–water partition coefficient (Wildman–Crippen LogP) is 3.55. The molecule has 0 unspecified atom stereocenters. The molecule has 0 bridgehead atoms. The number of rotatable bonds is 5. The van der Waals surface area contributed by atoms with Crippen molar-refractivity contribution in [2.75, 3.05) is 7.05 Å². The number of benzene rings is 1. The third-order valence-electron chi connectivity index (χ3n) is 4.13.